The number of aryl methyl sites for hydroxylation is 2. The van der Waals surface area contributed by atoms with Crippen molar-refractivity contribution in [2.24, 2.45) is 7.05 Å². The van der Waals surface area contributed by atoms with Gasteiger partial charge in [-0.3, -0.25) is 4.79 Å². The molecule has 1 amide bonds. The average molecular weight is 352 g/mol. The van der Waals surface area contributed by atoms with Crippen molar-refractivity contribution in [1.82, 2.24) is 19.4 Å². The molecular weight excluding hydrogens is 328 g/mol. The van der Waals surface area contributed by atoms with Crippen molar-refractivity contribution in [1.29, 1.82) is 0 Å². The average Bonchev–Trinajstić information content (AvgIpc) is 3.23. The molecule has 6 nitrogen and oxygen atoms in total. The molecule has 1 aliphatic rings. The second-order valence-corrected chi connectivity index (χ2v) is 7.06. The van der Waals surface area contributed by atoms with Gasteiger partial charge in [-0.2, -0.15) is 0 Å². The molecule has 0 radical (unpaired) electrons. The summed E-state index contributed by atoms with van der Waals surface area (Å²) in [5.41, 5.74) is 2.67. The predicted octanol–water partition coefficient (Wildman–Crippen LogP) is 3.24. The summed E-state index contributed by atoms with van der Waals surface area (Å²) < 4.78 is 7.40. The number of aromatic amines is 1. The molecule has 0 unspecified atom stereocenters. The molecule has 1 aliphatic heterocycles. The predicted molar refractivity (Wildman–Crippen MR) is 101 cm³/mol. The van der Waals surface area contributed by atoms with Crippen LogP contribution in [0.1, 0.15) is 40.6 Å². The van der Waals surface area contributed by atoms with E-state index >= 15 is 0 Å². The Morgan fingerprint density at radius 1 is 1.38 bits per heavy atom. The van der Waals surface area contributed by atoms with Gasteiger partial charge < -0.3 is 19.2 Å². The first-order valence-electron chi connectivity index (χ1n) is 9.01. The van der Waals surface area contributed by atoms with E-state index in [0.29, 0.717) is 12.1 Å². The smallest absolute Gasteiger partial charge is 0.256 e. The van der Waals surface area contributed by atoms with E-state index in [2.05, 4.69) is 14.5 Å². The zero-order valence-electron chi connectivity index (χ0n) is 15.5. The van der Waals surface area contributed by atoms with Gasteiger partial charge in [0.05, 0.1) is 18.4 Å². The van der Waals surface area contributed by atoms with Crippen molar-refractivity contribution in [3.8, 4) is 5.75 Å². The number of methoxy groups -OCH3 is 1. The van der Waals surface area contributed by atoms with Gasteiger partial charge in [0.2, 0.25) is 0 Å². The molecule has 0 bridgehead atoms. The number of hydrogen-bond donors (Lipinski definition) is 1. The molecule has 0 saturated carbocycles. The van der Waals surface area contributed by atoms with E-state index in [-0.39, 0.29) is 11.8 Å². The maximum Gasteiger partial charge on any atom is 0.256 e. The normalized spacial score (nSPS) is 17.7. The standard InChI is InChI=1S/C20H24N4O2/c1-13-11-23(2)19(22-13)14-5-4-8-24(12-14)20(25)17-10-21-18-7-6-15(26-3)9-16(17)18/h6-7,9-11,14,21H,4-5,8,12H2,1-3H3/t14-/m0/s1. The monoisotopic (exact) mass is 352 g/mol. The minimum Gasteiger partial charge on any atom is -0.497 e. The van der Waals surface area contributed by atoms with Crippen molar-refractivity contribution in [2.45, 2.75) is 25.7 Å². The van der Waals surface area contributed by atoms with E-state index in [0.717, 1.165) is 47.6 Å². The van der Waals surface area contributed by atoms with Crippen molar-refractivity contribution >= 4 is 16.8 Å². The number of H-pyrrole nitrogens is 1. The fourth-order valence-electron chi connectivity index (χ4n) is 3.96. The van der Waals surface area contributed by atoms with Crippen LogP contribution in [0.3, 0.4) is 0 Å². The van der Waals surface area contributed by atoms with Crippen LogP contribution in [-0.2, 0) is 7.05 Å². The summed E-state index contributed by atoms with van der Waals surface area (Å²) in [6.07, 6.45) is 5.91. The van der Waals surface area contributed by atoms with Gasteiger partial charge in [0.1, 0.15) is 11.6 Å². The van der Waals surface area contributed by atoms with Crippen molar-refractivity contribution in [2.75, 3.05) is 20.2 Å². The Bertz CT molecular complexity index is 956. The number of aromatic nitrogens is 3. The lowest BCUT2D eigenvalue weighted by Crippen LogP contribution is -2.39. The number of imidazole rings is 1. The zero-order valence-corrected chi connectivity index (χ0v) is 15.5. The Balaban J connectivity index is 1.61. The summed E-state index contributed by atoms with van der Waals surface area (Å²) in [5, 5.41) is 0.907. The van der Waals surface area contributed by atoms with Crippen LogP contribution in [-0.4, -0.2) is 45.5 Å². The van der Waals surface area contributed by atoms with Gasteiger partial charge in [0, 0.05) is 49.4 Å². The topological polar surface area (TPSA) is 63.2 Å². The molecule has 1 atom stereocenters. The number of hydrogen-bond acceptors (Lipinski definition) is 3. The number of nitrogens with zero attached hydrogens (tertiary/aromatic N) is 3. The van der Waals surface area contributed by atoms with Crippen LogP contribution in [0.2, 0.25) is 0 Å². The minimum absolute atomic E-state index is 0.0696. The Kier molecular flexibility index (Phi) is 4.18. The Morgan fingerprint density at radius 2 is 2.23 bits per heavy atom. The number of ether oxygens (including phenoxy) is 1. The highest BCUT2D eigenvalue weighted by atomic mass is 16.5. The number of carbonyl (C=O) groups is 1. The maximum atomic E-state index is 13.2. The lowest BCUT2D eigenvalue weighted by molar-refractivity contribution is 0.0705. The molecule has 1 fully saturated rings. The van der Waals surface area contributed by atoms with E-state index in [1.165, 1.54) is 0 Å². The minimum atomic E-state index is 0.0696. The van der Waals surface area contributed by atoms with E-state index in [4.69, 9.17) is 4.74 Å². The first-order chi connectivity index (χ1) is 12.6. The van der Waals surface area contributed by atoms with Gasteiger partial charge >= 0.3 is 0 Å². The number of likely N-dealkylation sites (tertiary alicyclic amines) is 1. The van der Waals surface area contributed by atoms with Crippen LogP contribution >= 0.6 is 0 Å². The van der Waals surface area contributed by atoms with Crippen LogP contribution in [0, 0.1) is 6.92 Å². The van der Waals surface area contributed by atoms with Crippen LogP contribution in [0.5, 0.6) is 5.75 Å². The fourth-order valence-corrected chi connectivity index (χ4v) is 3.96. The fraction of sp³-hybridized carbons (Fsp3) is 0.400. The maximum absolute atomic E-state index is 13.2. The zero-order chi connectivity index (χ0) is 18.3. The number of rotatable bonds is 3. The van der Waals surface area contributed by atoms with Crippen molar-refractivity contribution in [3.05, 3.63) is 47.7 Å². The molecule has 0 aliphatic carbocycles. The van der Waals surface area contributed by atoms with Crippen LogP contribution in [0.15, 0.2) is 30.6 Å². The molecule has 4 rings (SSSR count). The molecule has 2 aromatic heterocycles. The van der Waals surface area contributed by atoms with E-state index in [1.54, 1.807) is 13.3 Å². The molecule has 1 saturated heterocycles. The van der Waals surface area contributed by atoms with E-state index in [1.807, 2.05) is 43.3 Å². The van der Waals surface area contributed by atoms with E-state index < -0.39 is 0 Å². The molecule has 0 spiro atoms. The Labute approximate surface area is 152 Å². The largest absolute Gasteiger partial charge is 0.497 e. The first kappa shape index (κ1) is 16.7. The number of piperidine rings is 1. The summed E-state index contributed by atoms with van der Waals surface area (Å²) >= 11 is 0. The van der Waals surface area contributed by atoms with Crippen LogP contribution in [0.25, 0.3) is 10.9 Å². The second-order valence-electron chi connectivity index (χ2n) is 7.06. The molecule has 1 aromatic carbocycles. The number of carbonyl (C=O) groups excluding carboxylic acids is 1. The Morgan fingerprint density at radius 3 is 2.96 bits per heavy atom. The van der Waals surface area contributed by atoms with Crippen LogP contribution < -0.4 is 4.74 Å². The van der Waals surface area contributed by atoms with Crippen molar-refractivity contribution in [3.63, 3.8) is 0 Å². The summed E-state index contributed by atoms with van der Waals surface area (Å²) in [5.74, 6) is 2.18. The first-order valence-corrected chi connectivity index (χ1v) is 9.01. The molecule has 136 valence electrons. The van der Waals surface area contributed by atoms with Crippen molar-refractivity contribution < 1.29 is 9.53 Å². The third-order valence-electron chi connectivity index (χ3n) is 5.23. The quantitative estimate of drug-likeness (QED) is 0.787. The molecular formula is C20H24N4O2. The van der Waals surface area contributed by atoms with Gasteiger partial charge in [-0.15, -0.1) is 0 Å². The van der Waals surface area contributed by atoms with Gasteiger partial charge in [-0.1, -0.05) is 0 Å². The summed E-state index contributed by atoms with van der Waals surface area (Å²) in [6.45, 7) is 3.50. The Hall–Kier alpha value is -2.76. The van der Waals surface area contributed by atoms with Gasteiger partial charge in [0.25, 0.3) is 5.91 Å². The van der Waals surface area contributed by atoms with Gasteiger partial charge in [-0.05, 0) is 38.0 Å². The highest BCUT2D eigenvalue weighted by molar-refractivity contribution is 6.07. The lowest BCUT2D eigenvalue weighted by Gasteiger charge is -2.32. The molecule has 3 aromatic rings. The van der Waals surface area contributed by atoms with Gasteiger partial charge in [0.15, 0.2) is 0 Å². The number of amides is 1. The number of benzene rings is 1. The highest BCUT2D eigenvalue weighted by Gasteiger charge is 2.29. The van der Waals surface area contributed by atoms with E-state index in [9.17, 15) is 4.79 Å². The highest BCUT2D eigenvalue weighted by Crippen LogP contribution is 2.29. The molecule has 26 heavy (non-hydrogen) atoms. The summed E-state index contributed by atoms with van der Waals surface area (Å²) in [4.78, 5) is 23.0. The molecule has 1 N–H and O–H groups in total. The van der Waals surface area contributed by atoms with Gasteiger partial charge in [-0.25, -0.2) is 4.98 Å². The molecule has 6 heteroatoms. The molecule has 3 heterocycles. The summed E-state index contributed by atoms with van der Waals surface area (Å²) in [6, 6.07) is 5.76. The SMILES string of the molecule is COc1ccc2[nH]cc(C(=O)N3CCC[C@H](c4nc(C)cn4C)C3)c2c1. The second kappa shape index (κ2) is 6.52. The third kappa shape index (κ3) is 2.85. The number of fused-ring (bicyclic) bond motifs is 1. The summed E-state index contributed by atoms with van der Waals surface area (Å²) in [7, 11) is 3.67. The lowest BCUT2D eigenvalue weighted by atomic mass is 9.96. The number of nitrogens with one attached hydrogen (secondary N) is 1. The van der Waals surface area contributed by atoms with Crippen LogP contribution in [0.4, 0.5) is 0 Å². The third-order valence-corrected chi connectivity index (χ3v) is 5.23.